The third-order valence-electron chi connectivity index (χ3n) is 3.26. The number of aromatic nitrogens is 3. The summed E-state index contributed by atoms with van der Waals surface area (Å²) in [4.78, 5) is 16.1. The van der Waals surface area contributed by atoms with E-state index >= 15 is 0 Å². The molecule has 2 aromatic heterocycles. The van der Waals surface area contributed by atoms with Gasteiger partial charge in [0.2, 0.25) is 0 Å². The van der Waals surface area contributed by atoms with E-state index < -0.39 is 0 Å². The lowest BCUT2D eigenvalue weighted by molar-refractivity contribution is -0.124. The van der Waals surface area contributed by atoms with Crippen molar-refractivity contribution in [1.82, 2.24) is 20.0 Å². The number of ether oxygens (including phenoxy) is 1. The monoisotopic (exact) mass is 276 g/mol. The van der Waals surface area contributed by atoms with Crippen molar-refractivity contribution >= 4 is 5.91 Å². The summed E-state index contributed by atoms with van der Waals surface area (Å²) in [6.45, 7) is 2.47. The molecule has 0 saturated heterocycles. The van der Waals surface area contributed by atoms with Gasteiger partial charge in [-0.1, -0.05) is 0 Å². The second-order valence-electron chi connectivity index (χ2n) is 4.86. The van der Waals surface area contributed by atoms with Crippen LogP contribution in [0.25, 0.3) is 0 Å². The Hall–Kier alpha value is -2.31. The Morgan fingerprint density at radius 1 is 1.65 bits per heavy atom. The number of hydrogen-bond acceptors (Lipinski definition) is 5. The van der Waals surface area contributed by atoms with Crippen LogP contribution in [-0.4, -0.2) is 33.3 Å². The lowest BCUT2D eigenvalue weighted by Gasteiger charge is -2.24. The molecule has 106 valence electrons. The maximum Gasteiger partial charge on any atom is 0.258 e. The molecule has 0 radical (unpaired) electrons. The van der Waals surface area contributed by atoms with Crippen LogP contribution in [0.4, 0.5) is 0 Å². The molecular formula is C13H16N4O3. The van der Waals surface area contributed by atoms with Crippen LogP contribution < -0.4 is 10.1 Å². The molecule has 0 aromatic carbocycles. The minimum absolute atomic E-state index is 0.0563. The topological polar surface area (TPSA) is 82.2 Å². The first kappa shape index (κ1) is 12.7. The highest BCUT2D eigenvalue weighted by Gasteiger charge is 2.20. The van der Waals surface area contributed by atoms with Gasteiger partial charge in [-0.15, -0.1) is 0 Å². The van der Waals surface area contributed by atoms with E-state index in [9.17, 15) is 4.79 Å². The minimum atomic E-state index is -0.154. The van der Waals surface area contributed by atoms with Gasteiger partial charge in [0.05, 0.1) is 0 Å². The molecule has 0 fully saturated rings. The average Bonchev–Trinajstić information content (AvgIpc) is 3.04. The van der Waals surface area contributed by atoms with Crippen molar-refractivity contribution in [1.29, 1.82) is 0 Å². The van der Waals surface area contributed by atoms with E-state index in [0.29, 0.717) is 11.6 Å². The predicted octanol–water partition coefficient (Wildman–Crippen LogP) is 0.690. The Kier molecular flexibility index (Phi) is 3.41. The van der Waals surface area contributed by atoms with E-state index in [4.69, 9.17) is 9.26 Å². The Morgan fingerprint density at radius 2 is 2.55 bits per heavy atom. The third kappa shape index (κ3) is 2.81. The van der Waals surface area contributed by atoms with Crippen molar-refractivity contribution < 1.29 is 14.1 Å². The summed E-state index contributed by atoms with van der Waals surface area (Å²) in [5.41, 5.74) is 0. The lowest BCUT2D eigenvalue weighted by Crippen LogP contribution is -2.42. The molecule has 0 saturated carbocycles. The number of rotatable bonds is 4. The molecule has 1 amide bonds. The number of carbonyl (C=O) groups is 1. The number of amides is 1. The maximum atomic E-state index is 11.8. The van der Waals surface area contributed by atoms with Crippen molar-refractivity contribution in [3.63, 3.8) is 0 Å². The molecule has 0 spiro atoms. The standard InChI is InChI=1S/C13H16N4O3/c1-9-6-13(16-20-9)19-8-12(18)15-10-2-3-11-14-4-5-17(11)7-10/h4-6,10H,2-3,7-8H2,1H3,(H,15,18)/t10-/m0/s1. The van der Waals surface area contributed by atoms with E-state index in [-0.39, 0.29) is 18.6 Å². The quantitative estimate of drug-likeness (QED) is 0.888. The first-order chi connectivity index (χ1) is 9.70. The number of fused-ring (bicyclic) bond motifs is 1. The Balaban J connectivity index is 1.47. The fourth-order valence-corrected chi connectivity index (χ4v) is 2.30. The van der Waals surface area contributed by atoms with Crippen molar-refractivity contribution in [2.45, 2.75) is 32.4 Å². The van der Waals surface area contributed by atoms with Crippen LogP contribution in [0.1, 0.15) is 18.0 Å². The molecular weight excluding hydrogens is 260 g/mol. The molecule has 7 heteroatoms. The second kappa shape index (κ2) is 5.36. The van der Waals surface area contributed by atoms with Gasteiger partial charge in [-0.25, -0.2) is 4.98 Å². The van der Waals surface area contributed by atoms with E-state index in [1.54, 1.807) is 19.2 Å². The zero-order valence-corrected chi connectivity index (χ0v) is 11.2. The van der Waals surface area contributed by atoms with Gasteiger partial charge < -0.3 is 19.1 Å². The third-order valence-corrected chi connectivity index (χ3v) is 3.26. The molecule has 1 aliphatic heterocycles. The summed E-state index contributed by atoms with van der Waals surface area (Å²) in [6, 6.07) is 1.76. The predicted molar refractivity (Wildman–Crippen MR) is 69.2 cm³/mol. The summed E-state index contributed by atoms with van der Waals surface area (Å²) in [6.07, 6.45) is 5.49. The molecule has 2 aromatic rings. The fraction of sp³-hybridized carbons (Fsp3) is 0.462. The molecule has 0 unspecified atom stereocenters. The highest BCUT2D eigenvalue weighted by Crippen LogP contribution is 2.13. The molecule has 3 rings (SSSR count). The van der Waals surface area contributed by atoms with Crippen molar-refractivity contribution in [2.75, 3.05) is 6.61 Å². The normalized spacial score (nSPS) is 17.6. The van der Waals surface area contributed by atoms with Gasteiger partial charge in [-0.05, 0) is 18.5 Å². The van der Waals surface area contributed by atoms with Crippen molar-refractivity contribution in [3.05, 3.63) is 30.0 Å². The zero-order valence-electron chi connectivity index (χ0n) is 11.2. The SMILES string of the molecule is Cc1cc(OCC(=O)N[C@H]2CCc3nccn3C2)no1. The van der Waals surface area contributed by atoms with E-state index in [2.05, 4.69) is 20.0 Å². The molecule has 1 N–H and O–H groups in total. The van der Waals surface area contributed by atoms with Crippen LogP contribution in [0.5, 0.6) is 5.88 Å². The van der Waals surface area contributed by atoms with Gasteiger partial charge in [0.15, 0.2) is 6.61 Å². The summed E-state index contributed by atoms with van der Waals surface area (Å²) in [5.74, 6) is 1.91. The summed E-state index contributed by atoms with van der Waals surface area (Å²) in [5, 5.41) is 6.62. The van der Waals surface area contributed by atoms with Crippen LogP contribution in [0.3, 0.4) is 0 Å². The van der Waals surface area contributed by atoms with Crippen LogP contribution in [-0.2, 0) is 17.8 Å². The molecule has 3 heterocycles. The zero-order chi connectivity index (χ0) is 13.9. The van der Waals surface area contributed by atoms with E-state index in [1.807, 2.05) is 6.20 Å². The van der Waals surface area contributed by atoms with Crippen LogP contribution in [0, 0.1) is 6.92 Å². The molecule has 0 aliphatic carbocycles. The molecule has 0 bridgehead atoms. The van der Waals surface area contributed by atoms with Gasteiger partial charge >= 0.3 is 0 Å². The second-order valence-corrected chi connectivity index (χ2v) is 4.86. The molecule has 1 atom stereocenters. The number of aryl methyl sites for hydroxylation is 2. The molecule has 7 nitrogen and oxygen atoms in total. The Bertz CT molecular complexity index is 604. The van der Waals surface area contributed by atoms with Crippen molar-refractivity contribution in [2.24, 2.45) is 0 Å². The highest BCUT2D eigenvalue weighted by atomic mass is 16.5. The van der Waals surface area contributed by atoms with Gasteiger partial charge in [0, 0.05) is 37.5 Å². The van der Waals surface area contributed by atoms with Gasteiger partial charge in [-0.2, -0.15) is 0 Å². The number of hydrogen-bond donors (Lipinski definition) is 1. The summed E-state index contributed by atoms with van der Waals surface area (Å²) >= 11 is 0. The van der Waals surface area contributed by atoms with E-state index in [0.717, 1.165) is 25.2 Å². The number of nitrogens with one attached hydrogen (secondary N) is 1. The average molecular weight is 276 g/mol. The largest absolute Gasteiger partial charge is 0.465 e. The number of imidazole rings is 1. The highest BCUT2D eigenvalue weighted by molar-refractivity contribution is 5.77. The lowest BCUT2D eigenvalue weighted by atomic mass is 10.1. The molecule has 20 heavy (non-hydrogen) atoms. The van der Waals surface area contributed by atoms with Crippen LogP contribution >= 0.6 is 0 Å². The number of carbonyl (C=O) groups excluding carboxylic acids is 1. The van der Waals surface area contributed by atoms with E-state index in [1.165, 1.54) is 0 Å². The smallest absolute Gasteiger partial charge is 0.258 e. The summed E-state index contributed by atoms with van der Waals surface area (Å²) < 4.78 is 12.2. The van der Waals surface area contributed by atoms with Gasteiger partial charge in [0.25, 0.3) is 11.8 Å². The van der Waals surface area contributed by atoms with Gasteiger partial charge in [-0.3, -0.25) is 4.79 Å². The first-order valence-electron chi connectivity index (χ1n) is 6.56. The first-order valence-corrected chi connectivity index (χ1v) is 6.56. The Labute approximate surface area is 115 Å². The van der Waals surface area contributed by atoms with Crippen LogP contribution in [0.15, 0.2) is 23.0 Å². The van der Waals surface area contributed by atoms with Crippen molar-refractivity contribution in [3.8, 4) is 5.88 Å². The number of nitrogens with zero attached hydrogens (tertiary/aromatic N) is 3. The van der Waals surface area contributed by atoms with Crippen LogP contribution in [0.2, 0.25) is 0 Å². The fourth-order valence-electron chi connectivity index (χ4n) is 2.30. The minimum Gasteiger partial charge on any atom is -0.465 e. The maximum absolute atomic E-state index is 11.8. The van der Waals surface area contributed by atoms with Gasteiger partial charge in [0.1, 0.15) is 11.6 Å². The summed E-state index contributed by atoms with van der Waals surface area (Å²) in [7, 11) is 0. The molecule has 1 aliphatic rings. The Morgan fingerprint density at radius 3 is 3.35 bits per heavy atom.